The first-order valence-corrected chi connectivity index (χ1v) is 5.67. The standard InChI is InChI=1S/C13H16O5/c1-17-10-4-3-8(5-11(10)18-2)13(12(15)16)6-9(14)7-13/h3-5,9,14H,6-7H2,1-2H3,(H,15,16). The molecule has 0 unspecified atom stereocenters. The summed E-state index contributed by atoms with van der Waals surface area (Å²) in [6.45, 7) is 0. The fourth-order valence-corrected chi connectivity index (χ4v) is 2.41. The zero-order valence-corrected chi connectivity index (χ0v) is 10.3. The molecule has 1 aromatic rings. The number of aliphatic hydroxyl groups excluding tert-OH is 1. The highest BCUT2D eigenvalue weighted by Crippen LogP contribution is 2.46. The maximum atomic E-state index is 11.4. The predicted octanol–water partition coefficient (Wildman–Crippen LogP) is 1.18. The second-order valence-electron chi connectivity index (χ2n) is 4.52. The van der Waals surface area contributed by atoms with Crippen LogP contribution in [0.3, 0.4) is 0 Å². The normalized spacial score (nSPS) is 26.3. The minimum Gasteiger partial charge on any atom is -0.493 e. The number of hydrogen-bond donors (Lipinski definition) is 2. The van der Waals surface area contributed by atoms with Crippen molar-refractivity contribution in [2.24, 2.45) is 0 Å². The number of rotatable bonds is 4. The number of methoxy groups -OCH3 is 2. The summed E-state index contributed by atoms with van der Waals surface area (Å²) >= 11 is 0. The zero-order valence-electron chi connectivity index (χ0n) is 10.3. The summed E-state index contributed by atoms with van der Waals surface area (Å²) in [6, 6.07) is 5.06. The van der Waals surface area contributed by atoms with Gasteiger partial charge in [-0.2, -0.15) is 0 Å². The van der Waals surface area contributed by atoms with Crippen molar-refractivity contribution in [2.45, 2.75) is 24.4 Å². The lowest BCUT2D eigenvalue weighted by molar-refractivity contribution is -0.152. The van der Waals surface area contributed by atoms with Gasteiger partial charge in [0.15, 0.2) is 11.5 Å². The molecule has 0 bridgehead atoms. The summed E-state index contributed by atoms with van der Waals surface area (Å²) in [5.41, 5.74) is -0.364. The number of ether oxygens (including phenoxy) is 2. The van der Waals surface area contributed by atoms with E-state index in [1.165, 1.54) is 14.2 Å². The Hall–Kier alpha value is -1.75. The first-order valence-electron chi connectivity index (χ1n) is 5.67. The van der Waals surface area contributed by atoms with Crippen molar-refractivity contribution in [3.05, 3.63) is 23.8 Å². The lowest BCUT2D eigenvalue weighted by Crippen LogP contribution is -2.50. The van der Waals surface area contributed by atoms with E-state index in [1.54, 1.807) is 18.2 Å². The molecule has 18 heavy (non-hydrogen) atoms. The van der Waals surface area contributed by atoms with E-state index in [0.717, 1.165) is 0 Å². The molecule has 0 amide bonds. The van der Waals surface area contributed by atoms with Crippen LogP contribution in [0.5, 0.6) is 11.5 Å². The Morgan fingerprint density at radius 2 is 1.89 bits per heavy atom. The maximum absolute atomic E-state index is 11.4. The second-order valence-corrected chi connectivity index (χ2v) is 4.52. The number of aliphatic carboxylic acids is 1. The highest BCUT2D eigenvalue weighted by Gasteiger charge is 2.51. The number of carbonyl (C=O) groups is 1. The van der Waals surface area contributed by atoms with E-state index in [1.807, 2.05) is 0 Å². The maximum Gasteiger partial charge on any atom is 0.314 e. The van der Waals surface area contributed by atoms with Crippen LogP contribution in [-0.4, -0.2) is 36.5 Å². The lowest BCUT2D eigenvalue weighted by Gasteiger charge is -2.42. The average Bonchev–Trinajstić information content (AvgIpc) is 2.33. The molecule has 5 nitrogen and oxygen atoms in total. The van der Waals surface area contributed by atoms with Crippen molar-refractivity contribution in [1.29, 1.82) is 0 Å². The van der Waals surface area contributed by atoms with Gasteiger partial charge in [-0.1, -0.05) is 6.07 Å². The molecule has 0 heterocycles. The van der Waals surface area contributed by atoms with Crippen molar-refractivity contribution in [3.63, 3.8) is 0 Å². The highest BCUT2D eigenvalue weighted by atomic mass is 16.5. The predicted molar refractivity (Wildman–Crippen MR) is 64.1 cm³/mol. The van der Waals surface area contributed by atoms with Gasteiger partial charge in [0, 0.05) is 0 Å². The van der Waals surface area contributed by atoms with Crippen molar-refractivity contribution in [1.82, 2.24) is 0 Å². The molecule has 5 heteroatoms. The van der Waals surface area contributed by atoms with E-state index >= 15 is 0 Å². The highest BCUT2D eigenvalue weighted by molar-refractivity contribution is 5.83. The van der Waals surface area contributed by atoms with Crippen molar-refractivity contribution in [3.8, 4) is 11.5 Å². The summed E-state index contributed by atoms with van der Waals surface area (Å²) in [6.07, 6.45) is -0.0792. The first-order chi connectivity index (χ1) is 8.53. The quantitative estimate of drug-likeness (QED) is 0.841. The summed E-state index contributed by atoms with van der Waals surface area (Å²) in [5.74, 6) is 0.138. The van der Waals surface area contributed by atoms with Crippen molar-refractivity contribution in [2.75, 3.05) is 14.2 Å². The van der Waals surface area contributed by atoms with Gasteiger partial charge in [-0.25, -0.2) is 0 Å². The third-order valence-corrected chi connectivity index (χ3v) is 3.51. The fraction of sp³-hybridized carbons (Fsp3) is 0.462. The molecule has 2 N–H and O–H groups in total. The summed E-state index contributed by atoms with van der Waals surface area (Å²) in [5, 5.41) is 18.8. The van der Waals surface area contributed by atoms with E-state index in [2.05, 4.69) is 0 Å². The molecule has 1 fully saturated rings. The third kappa shape index (κ3) is 1.80. The number of aliphatic hydroxyl groups is 1. The van der Waals surface area contributed by atoms with Gasteiger partial charge >= 0.3 is 5.97 Å². The molecule has 0 aromatic heterocycles. The number of carboxylic acids is 1. The van der Waals surface area contributed by atoms with Crippen LogP contribution in [0.25, 0.3) is 0 Å². The molecule has 2 rings (SSSR count). The van der Waals surface area contributed by atoms with Crippen LogP contribution in [0, 0.1) is 0 Å². The molecule has 1 saturated carbocycles. The zero-order chi connectivity index (χ0) is 13.3. The minimum atomic E-state index is -1.00. The summed E-state index contributed by atoms with van der Waals surface area (Å²) < 4.78 is 10.3. The van der Waals surface area contributed by atoms with Gasteiger partial charge in [-0.05, 0) is 30.5 Å². The number of benzene rings is 1. The van der Waals surface area contributed by atoms with Gasteiger partial charge < -0.3 is 19.7 Å². The molecule has 1 aliphatic carbocycles. The number of hydrogen-bond acceptors (Lipinski definition) is 4. The Bertz CT molecular complexity index is 462. The molecule has 98 valence electrons. The number of carboxylic acid groups (broad SMARTS) is 1. The van der Waals surface area contributed by atoms with E-state index in [9.17, 15) is 15.0 Å². The Kier molecular flexibility index (Phi) is 3.17. The molecule has 0 saturated heterocycles. The van der Waals surface area contributed by atoms with Gasteiger partial charge in [0.25, 0.3) is 0 Å². The second kappa shape index (κ2) is 4.49. The Labute approximate surface area is 105 Å². The lowest BCUT2D eigenvalue weighted by atomic mass is 9.62. The van der Waals surface area contributed by atoms with Gasteiger partial charge in [0.1, 0.15) is 0 Å². The largest absolute Gasteiger partial charge is 0.493 e. The van der Waals surface area contributed by atoms with Crippen molar-refractivity contribution < 1.29 is 24.5 Å². The molecule has 0 spiro atoms. The van der Waals surface area contributed by atoms with Gasteiger partial charge in [-0.3, -0.25) is 4.79 Å². The molecule has 0 atom stereocenters. The first kappa shape index (κ1) is 12.7. The van der Waals surface area contributed by atoms with Crippen LogP contribution in [0.15, 0.2) is 18.2 Å². The molecular weight excluding hydrogens is 236 g/mol. The Balaban J connectivity index is 2.41. The summed E-state index contributed by atoms with van der Waals surface area (Å²) in [4.78, 5) is 11.4. The average molecular weight is 252 g/mol. The van der Waals surface area contributed by atoms with Gasteiger partial charge in [-0.15, -0.1) is 0 Å². The van der Waals surface area contributed by atoms with Crippen LogP contribution in [-0.2, 0) is 10.2 Å². The van der Waals surface area contributed by atoms with Crippen LogP contribution in [0.2, 0.25) is 0 Å². The minimum absolute atomic E-state index is 0.234. The molecule has 1 aliphatic rings. The van der Waals surface area contributed by atoms with Gasteiger partial charge in [0.2, 0.25) is 0 Å². The molecule has 1 aromatic carbocycles. The van der Waals surface area contributed by atoms with Crippen LogP contribution in [0.4, 0.5) is 0 Å². The topological polar surface area (TPSA) is 76.0 Å². The monoisotopic (exact) mass is 252 g/mol. The molecule has 0 radical (unpaired) electrons. The Morgan fingerprint density at radius 1 is 1.28 bits per heavy atom. The van der Waals surface area contributed by atoms with Gasteiger partial charge in [0.05, 0.1) is 25.7 Å². The smallest absolute Gasteiger partial charge is 0.314 e. The van der Waals surface area contributed by atoms with Crippen LogP contribution in [0.1, 0.15) is 18.4 Å². The van der Waals surface area contributed by atoms with E-state index < -0.39 is 17.5 Å². The Morgan fingerprint density at radius 3 is 2.33 bits per heavy atom. The third-order valence-electron chi connectivity index (χ3n) is 3.51. The molecule has 0 aliphatic heterocycles. The van der Waals surface area contributed by atoms with Crippen LogP contribution < -0.4 is 9.47 Å². The van der Waals surface area contributed by atoms with Crippen LogP contribution >= 0.6 is 0 Å². The fourth-order valence-electron chi connectivity index (χ4n) is 2.41. The SMILES string of the molecule is COc1ccc(C2(C(=O)O)CC(O)C2)cc1OC. The summed E-state index contributed by atoms with van der Waals surface area (Å²) in [7, 11) is 3.03. The van der Waals surface area contributed by atoms with Crippen molar-refractivity contribution >= 4 is 5.97 Å². The van der Waals surface area contributed by atoms with E-state index in [-0.39, 0.29) is 12.8 Å². The molecular formula is C13H16O5. The van der Waals surface area contributed by atoms with E-state index in [0.29, 0.717) is 17.1 Å². The van der Waals surface area contributed by atoms with E-state index in [4.69, 9.17) is 9.47 Å².